The maximum Gasteiger partial charge on any atom is 0.322 e. The Morgan fingerprint density at radius 1 is 1.36 bits per heavy atom. The van der Waals surface area contributed by atoms with Crippen LogP contribution in [0.25, 0.3) is 0 Å². The molecule has 0 saturated carbocycles. The van der Waals surface area contributed by atoms with Crippen LogP contribution in [0, 0.1) is 5.92 Å². The molecular weight excluding hydrogens is 306 g/mol. The molecule has 0 bridgehead atoms. The van der Waals surface area contributed by atoms with Crippen molar-refractivity contribution in [3.05, 3.63) is 24.3 Å². The molecule has 1 aromatic rings. The third-order valence-corrected chi connectivity index (χ3v) is 5.42. The van der Waals surface area contributed by atoms with Gasteiger partial charge in [-0.25, -0.2) is 8.42 Å². The normalized spacial score (nSPS) is 19.5. The first-order valence-corrected chi connectivity index (χ1v) is 8.74. The number of rotatable bonds is 6. The molecule has 0 amide bonds. The fourth-order valence-electron chi connectivity index (χ4n) is 2.38. The molecule has 1 heterocycles. The van der Waals surface area contributed by atoms with Crippen LogP contribution in [0.1, 0.15) is 26.7 Å². The first-order valence-electron chi connectivity index (χ1n) is 7.30. The topological polar surface area (TPSA) is 83.9 Å². The molecule has 22 heavy (non-hydrogen) atoms. The van der Waals surface area contributed by atoms with Crippen LogP contribution in [0.5, 0.6) is 5.75 Å². The van der Waals surface area contributed by atoms with Crippen molar-refractivity contribution in [2.24, 2.45) is 5.92 Å². The van der Waals surface area contributed by atoms with Crippen molar-refractivity contribution in [2.75, 3.05) is 13.2 Å². The number of carboxylic acid groups (broad SMARTS) is 1. The summed E-state index contributed by atoms with van der Waals surface area (Å²) in [4.78, 5) is 11.3. The Bertz CT molecular complexity index is 624. The van der Waals surface area contributed by atoms with Gasteiger partial charge in [-0.05, 0) is 43.0 Å². The van der Waals surface area contributed by atoms with Crippen molar-refractivity contribution in [2.45, 2.75) is 37.6 Å². The molecule has 1 atom stereocenters. The molecule has 122 valence electrons. The number of carbonyl (C=O) groups is 1. The largest absolute Gasteiger partial charge is 0.493 e. The lowest BCUT2D eigenvalue weighted by Crippen LogP contribution is -2.40. The van der Waals surface area contributed by atoms with Gasteiger partial charge in [0.25, 0.3) is 0 Å². The minimum Gasteiger partial charge on any atom is -0.493 e. The average Bonchev–Trinajstić information content (AvgIpc) is 2.96. The summed E-state index contributed by atoms with van der Waals surface area (Å²) >= 11 is 0. The minimum atomic E-state index is -3.78. The van der Waals surface area contributed by atoms with Crippen molar-refractivity contribution in [1.29, 1.82) is 0 Å². The summed E-state index contributed by atoms with van der Waals surface area (Å²) in [5.41, 5.74) is 0. The molecular formula is C15H21NO5S. The van der Waals surface area contributed by atoms with Crippen molar-refractivity contribution in [3.63, 3.8) is 0 Å². The first kappa shape index (κ1) is 16.8. The van der Waals surface area contributed by atoms with E-state index in [1.54, 1.807) is 12.1 Å². The molecule has 6 nitrogen and oxygen atoms in total. The van der Waals surface area contributed by atoms with E-state index >= 15 is 0 Å². The van der Waals surface area contributed by atoms with E-state index in [1.807, 2.05) is 13.8 Å². The molecule has 1 saturated heterocycles. The second kappa shape index (κ2) is 6.66. The highest BCUT2D eigenvalue weighted by Crippen LogP contribution is 2.27. The van der Waals surface area contributed by atoms with Crippen LogP contribution >= 0.6 is 0 Å². The molecule has 0 aliphatic carbocycles. The zero-order chi connectivity index (χ0) is 16.3. The molecule has 1 aromatic carbocycles. The highest BCUT2D eigenvalue weighted by molar-refractivity contribution is 7.89. The summed E-state index contributed by atoms with van der Waals surface area (Å²) in [6.07, 6.45) is 0.913. The van der Waals surface area contributed by atoms with Crippen LogP contribution in [-0.2, 0) is 14.8 Å². The second-order valence-electron chi connectivity index (χ2n) is 5.79. The van der Waals surface area contributed by atoms with E-state index in [-0.39, 0.29) is 11.4 Å². The average molecular weight is 327 g/mol. The molecule has 1 unspecified atom stereocenters. The van der Waals surface area contributed by atoms with Crippen LogP contribution in [0.15, 0.2) is 29.2 Å². The monoisotopic (exact) mass is 327 g/mol. The van der Waals surface area contributed by atoms with Gasteiger partial charge >= 0.3 is 5.97 Å². The Morgan fingerprint density at radius 2 is 2.00 bits per heavy atom. The fraction of sp³-hybridized carbons (Fsp3) is 0.533. The maximum absolute atomic E-state index is 12.5. The highest BCUT2D eigenvalue weighted by atomic mass is 32.2. The van der Waals surface area contributed by atoms with Gasteiger partial charge in [0.05, 0.1) is 11.5 Å². The Morgan fingerprint density at radius 3 is 2.55 bits per heavy atom. The fourth-order valence-corrected chi connectivity index (χ4v) is 4.03. The van der Waals surface area contributed by atoms with Gasteiger partial charge in [0, 0.05) is 6.54 Å². The summed E-state index contributed by atoms with van der Waals surface area (Å²) < 4.78 is 31.7. The predicted octanol–water partition coefficient (Wildman–Crippen LogP) is 1.96. The van der Waals surface area contributed by atoms with E-state index in [0.29, 0.717) is 31.1 Å². The lowest BCUT2D eigenvalue weighted by Gasteiger charge is -2.21. The summed E-state index contributed by atoms with van der Waals surface area (Å²) in [5.74, 6) is -0.119. The number of nitrogens with zero attached hydrogens (tertiary/aromatic N) is 1. The van der Waals surface area contributed by atoms with Crippen molar-refractivity contribution < 1.29 is 23.1 Å². The molecule has 0 aromatic heterocycles. The first-order chi connectivity index (χ1) is 10.3. The minimum absolute atomic E-state index is 0.0950. The third-order valence-electron chi connectivity index (χ3n) is 3.50. The Labute approximate surface area is 130 Å². The van der Waals surface area contributed by atoms with E-state index in [0.717, 1.165) is 4.31 Å². The third kappa shape index (κ3) is 3.59. The number of carboxylic acids is 1. The number of hydrogen-bond acceptors (Lipinski definition) is 4. The highest BCUT2D eigenvalue weighted by Gasteiger charge is 2.39. The van der Waals surface area contributed by atoms with E-state index in [9.17, 15) is 13.2 Å². The van der Waals surface area contributed by atoms with Crippen LogP contribution in [0.3, 0.4) is 0 Å². The molecule has 0 spiro atoms. The maximum atomic E-state index is 12.5. The molecule has 2 rings (SSSR count). The zero-order valence-electron chi connectivity index (χ0n) is 12.7. The van der Waals surface area contributed by atoms with Gasteiger partial charge in [-0.15, -0.1) is 0 Å². The quantitative estimate of drug-likeness (QED) is 0.863. The second-order valence-corrected chi connectivity index (χ2v) is 7.68. The van der Waals surface area contributed by atoms with Crippen molar-refractivity contribution in [1.82, 2.24) is 4.31 Å². The summed E-state index contributed by atoms with van der Waals surface area (Å²) in [7, 11) is -3.78. The lowest BCUT2D eigenvalue weighted by atomic mass is 10.2. The van der Waals surface area contributed by atoms with Gasteiger partial charge in [-0.1, -0.05) is 13.8 Å². The van der Waals surface area contributed by atoms with Crippen LogP contribution in [0.4, 0.5) is 0 Å². The SMILES string of the molecule is CC(C)COc1ccc(S(=O)(=O)N2CCCC2C(=O)O)cc1. The van der Waals surface area contributed by atoms with E-state index in [4.69, 9.17) is 9.84 Å². The van der Waals surface area contributed by atoms with Crippen LogP contribution < -0.4 is 4.74 Å². The van der Waals surface area contributed by atoms with Crippen LogP contribution in [0.2, 0.25) is 0 Å². The summed E-state index contributed by atoms with van der Waals surface area (Å²) in [5, 5.41) is 9.13. The number of ether oxygens (including phenoxy) is 1. The van der Waals surface area contributed by atoms with Gasteiger partial charge in [-0.3, -0.25) is 4.79 Å². The Kier molecular flexibility index (Phi) is 5.08. The van der Waals surface area contributed by atoms with Crippen molar-refractivity contribution in [3.8, 4) is 5.75 Å². The molecule has 1 fully saturated rings. The van der Waals surface area contributed by atoms with Gasteiger partial charge in [0.2, 0.25) is 10.0 Å². The molecule has 1 aliphatic rings. The smallest absolute Gasteiger partial charge is 0.322 e. The summed E-state index contributed by atoms with van der Waals surface area (Å²) in [6.45, 7) is 4.85. The molecule has 1 N–H and O–H groups in total. The number of benzene rings is 1. The Hall–Kier alpha value is -1.60. The number of sulfonamides is 1. The van der Waals surface area contributed by atoms with E-state index < -0.39 is 22.0 Å². The molecule has 7 heteroatoms. The van der Waals surface area contributed by atoms with E-state index in [2.05, 4.69) is 0 Å². The predicted molar refractivity (Wildman–Crippen MR) is 81.3 cm³/mol. The zero-order valence-corrected chi connectivity index (χ0v) is 13.5. The lowest BCUT2D eigenvalue weighted by molar-refractivity contribution is -0.140. The summed E-state index contributed by atoms with van der Waals surface area (Å²) in [6, 6.07) is 5.15. The molecule has 1 aliphatic heterocycles. The molecule has 0 radical (unpaired) electrons. The van der Waals surface area contributed by atoms with Gasteiger partial charge < -0.3 is 9.84 Å². The number of hydrogen-bond donors (Lipinski definition) is 1. The van der Waals surface area contributed by atoms with Crippen LogP contribution in [-0.4, -0.2) is 43.0 Å². The van der Waals surface area contributed by atoms with Gasteiger partial charge in [-0.2, -0.15) is 4.31 Å². The van der Waals surface area contributed by atoms with Gasteiger partial charge in [0.15, 0.2) is 0 Å². The standard InChI is InChI=1S/C15H21NO5S/c1-11(2)10-21-12-5-7-13(8-6-12)22(19,20)16-9-3-4-14(16)15(17)18/h5-8,11,14H,3-4,9-10H2,1-2H3,(H,17,18). The Balaban J connectivity index is 2.17. The van der Waals surface area contributed by atoms with Gasteiger partial charge in [0.1, 0.15) is 11.8 Å². The van der Waals surface area contributed by atoms with Crippen molar-refractivity contribution >= 4 is 16.0 Å². The van der Waals surface area contributed by atoms with E-state index in [1.165, 1.54) is 12.1 Å². The number of aliphatic carboxylic acids is 1.